The van der Waals surface area contributed by atoms with E-state index in [0.717, 1.165) is 31.2 Å². The van der Waals surface area contributed by atoms with Crippen LogP contribution in [0.3, 0.4) is 0 Å². The predicted octanol–water partition coefficient (Wildman–Crippen LogP) is 4.91. The van der Waals surface area contributed by atoms with E-state index in [2.05, 4.69) is 12.1 Å². The maximum atomic E-state index is 13.2. The third-order valence-corrected chi connectivity index (χ3v) is 6.37. The van der Waals surface area contributed by atoms with Crippen molar-refractivity contribution in [2.24, 2.45) is 5.73 Å². The summed E-state index contributed by atoms with van der Waals surface area (Å²) in [5.41, 5.74) is 8.52. The Morgan fingerprint density at radius 1 is 1.00 bits per heavy atom. The Bertz CT molecular complexity index is 766. The van der Waals surface area contributed by atoms with E-state index in [4.69, 9.17) is 10.5 Å². The highest BCUT2D eigenvalue weighted by Crippen LogP contribution is 2.43. The average molecular weight is 404 g/mol. The molecule has 0 bridgehead atoms. The van der Waals surface area contributed by atoms with Crippen molar-refractivity contribution in [3.63, 3.8) is 0 Å². The smallest absolute Gasteiger partial charge is 0.115 e. The van der Waals surface area contributed by atoms with Gasteiger partial charge in [0, 0.05) is 11.0 Å². The number of alkyl halides is 2. The lowest BCUT2D eigenvalue weighted by Gasteiger charge is -2.44. The summed E-state index contributed by atoms with van der Waals surface area (Å²) in [6, 6.07) is 15.3. The van der Waals surface area contributed by atoms with Crippen molar-refractivity contribution in [1.29, 1.82) is 0 Å². The number of aliphatic hydroxyl groups excluding tert-OH is 1. The maximum absolute atomic E-state index is 13.2. The maximum Gasteiger partial charge on any atom is 0.115 e. The third kappa shape index (κ3) is 5.03. The second kappa shape index (κ2) is 9.33. The Kier molecular flexibility index (Phi) is 7.04. The van der Waals surface area contributed by atoms with E-state index >= 15 is 0 Å². The first-order valence-corrected chi connectivity index (χ1v) is 10.3. The van der Waals surface area contributed by atoms with E-state index in [1.807, 2.05) is 25.1 Å². The van der Waals surface area contributed by atoms with Crippen molar-refractivity contribution in [2.45, 2.75) is 63.0 Å². The van der Waals surface area contributed by atoms with E-state index < -0.39 is 18.9 Å². The van der Waals surface area contributed by atoms with E-state index in [9.17, 15) is 13.9 Å². The molecule has 0 aromatic heterocycles. The van der Waals surface area contributed by atoms with Crippen molar-refractivity contribution in [3.8, 4) is 0 Å². The zero-order valence-electron chi connectivity index (χ0n) is 17.0. The molecule has 0 amide bonds. The molecule has 158 valence electrons. The minimum atomic E-state index is -0.624. The second-order valence-electron chi connectivity index (χ2n) is 8.47. The lowest BCUT2D eigenvalue weighted by Crippen LogP contribution is -2.51. The van der Waals surface area contributed by atoms with Crippen LogP contribution in [0.4, 0.5) is 8.78 Å². The number of aliphatic hydroxyl groups is 1. The van der Waals surface area contributed by atoms with Crippen LogP contribution < -0.4 is 5.73 Å². The monoisotopic (exact) mass is 403 g/mol. The normalized spacial score (nSPS) is 25.7. The standard InChI is InChI=1S/C24H31F2NO2/c1-18(21-12-19(14-25)11-20(13-21)15-26)29-17-23(22-5-3-2-4-6-22)7-9-24(27,16-28)10-8-23/h2-6,11-13,18,28H,7-10,14-17,27H2,1H3/t18-,23?,24?/m1/s1. The van der Waals surface area contributed by atoms with Crippen LogP contribution >= 0.6 is 0 Å². The summed E-state index contributed by atoms with van der Waals surface area (Å²) >= 11 is 0. The van der Waals surface area contributed by atoms with E-state index in [-0.39, 0.29) is 18.1 Å². The molecule has 1 saturated carbocycles. The van der Waals surface area contributed by atoms with Gasteiger partial charge in [-0.3, -0.25) is 0 Å². The van der Waals surface area contributed by atoms with Crippen molar-refractivity contribution in [3.05, 3.63) is 70.8 Å². The van der Waals surface area contributed by atoms with Gasteiger partial charge in [0.15, 0.2) is 0 Å². The summed E-state index contributed by atoms with van der Waals surface area (Å²) < 4.78 is 32.6. The first-order valence-electron chi connectivity index (χ1n) is 10.3. The summed E-state index contributed by atoms with van der Waals surface area (Å²) in [5, 5.41) is 9.64. The Morgan fingerprint density at radius 3 is 2.10 bits per heavy atom. The fourth-order valence-corrected chi connectivity index (χ4v) is 4.25. The molecular weight excluding hydrogens is 372 g/mol. The van der Waals surface area contributed by atoms with Crippen LogP contribution in [-0.2, 0) is 23.5 Å². The molecule has 0 unspecified atom stereocenters. The summed E-state index contributed by atoms with van der Waals surface area (Å²) in [4.78, 5) is 0. The lowest BCUT2D eigenvalue weighted by atomic mass is 9.65. The van der Waals surface area contributed by atoms with Crippen LogP contribution in [0.2, 0.25) is 0 Å². The first-order chi connectivity index (χ1) is 13.9. The van der Waals surface area contributed by atoms with E-state index in [1.54, 1.807) is 18.2 Å². The topological polar surface area (TPSA) is 55.5 Å². The van der Waals surface area contributed by atoms with Crippen molar-refractivity contribution in [2.75, 3.05) is 13.2 Å². The summed E-state index contributed by atoms with van der Waals surface area (Å²) in [5.74, 6) is 0. The number of hydrogen-bond acceptors (Lipinski definition) is 3. The molecule has 5 heteroatoms. The number of nitrogens with two attached hydrogens (primary N) is 1. The molecule has 3 rings (SSSR count). The second-order valence-corrected chi connectivity index (χ2v) is 8.47. The van der Waals surface area contributed by atoms with Crippen LogP contribution in [0.15, 0.2) is 48.5 Å². The molecule has 1 atom stereocenters. The van der Waals surface area contributed by atoms with Crippen LogP contribution in [0.5, 0.6) is 0 Å². The van der Waals surface area contributed by atoms with Gasteiger partial charge < -0.3 is 15.6 Å². The molecular formula is C24H31F2NO2. The SMILES string of the molecule is C[C@@H](OCC1(c2ccccc2)CCC(N)(CO)CC1)c1cc(CF)cc(CF)c1. The van der Waals surface area contributed by atoms with Crippen LogP contribution in [0.1, 0.15) is 61.0 Å². The van der Waals surface area contributed by atoms with Crippen molar-refractivity contribution in [1.82, 2.24) is 0 Å². The highest BCUT2D eigenvalue weighted by molar-refractivity contribution is 5.31. The molecule has 1 fully saturated rings. The molecule has 0 aliphatic heterocycles. The zero-order valence-corrected chi connectivity index (χ0v) is 17.0. The van der Waals surface area contributed by atoms with Crippen molar-refractivity contribution < 1.29 is 18.6 Å². The molecule has 3 N–H and O–H groups in total. The van der Waals surface area contributed by atoms with Gasteiger partial charge in [0.05, 0.1) is 19.3 Å². The summed E-state index contributed by atoms with van der Waals surface area (Å²) in [6.07, 6.45) is 2.80. The molecule has 0 saturated heterocycles. The van der Waals surface area contributed by atoms with E-state index in [1.165, 1.54) is 5.56 Å². The Labute approximate surface area is 171 Å². The Balaban J connectivity index is 1.79. The molecule has 0 spiro atoms. The molecule has 1 aliphatic carbocycles. The molecule has 2 aromatic rings. The number of ether oxygens (including phenoxy) is 1. The van der Waals surface area contributed by atoms with Gasteiger partial charge in [-0.15, -0.1) is 0 Å². The van der Waals surface area contributed by atoms with Gasteiger partial charge in [-0.05, 0) is 54.9 Å². The molecule has 0 radical (unpaired) electrons. The highest BCUT2D eigenvalue weighted by Gasteiger charge is 2.42. The van der Waals surface area contributed by atoms with Gasteiger partial charge in [-0.2, -0.15) is 0 Å². The molecule has 2 aromatic carbocycles. The van der Waals surface area contributed by atoms with Gasteiger partial charge in [-0.25, -0.2) is 8.78 Å². The molecule has 3 nitrogen and oxygen atoms in total. The Morgan fingerprint density at radius 2 is 1.59 bits per heavy atom. The lowest BCUT2D eigenvalue weighted by molar-refractivity contribution is 0.00189. The summed E-state index contributed by atoms with van der Waals surface area (Å²) in [6.45, 7) is 1.14. The average Bonchev–Trinajstić information content (AvgIpc) is 2.79. The summed E-state index contributed by atoms with van der Waals surface area (Å²) in [7, 11) is 0. The van der Waals surface area contributed by atoms with Crippen LogP contribution in [0, 0.1) is 0 Å². The van der Waals surface area contributed by atoms with Gasteiger partial charge in [-0.1, -0.05) is 48.5 Å². The Hall–Kier alpha value is -1.82. The van der Waals surface area contributed by atoms with Crippen molar-refractivity contribution >= 4 is 0 Å². The third-order valence-electron chi connectivity index (χ3n) is 6.37. The quantitative estimate of drug-likeness (QED) is 0.659. The molecule has 29 heavy (non-hydrogen) atoms. The molecule has 0 heterocycles. The largest absolute Gasteiger partial charge is 0.394 e. The minimum Gasteiger partial charge on any atom is -0.394 e. The first kappa shape index (κ1) is 21.9. The zero-order chi connectivity index (χ0) is 20.9. The fraction of sp³-hybridized carbons (Fsp3) is 0.500. The number of halogens is 2. The number of hydrogen-bond donors (Lipinski definition) is 2. The molecule has 1 aliphatic rings. The highest BCUT2D eigenvalue weighted by atomic mass is 19.1. The van der Waals surface area contributed by atoms with Crippen LogP contribution in [-0.4, -0.2) is 23.9 Å². The van der Waals surface area contributed by atoms with Gasteiger partial charge in [0.1, 0.15) is 13.3 Å². The van der Waals surface area contributed by atoms with Gasteiger partial charge in [0.2, 0.25) is 0 Å². The minimum absolute atomic E-state index is 0.0167. The number of benzene rings is 2. The van der Waals surface area contributed by atoms with Crippen LogP contribution in [0.25, 0.3) is 0 Å². The van der Waals surface area contributed by atoms with E-state index in [0.29, 0.717) is 17.7 Å². The number of rotatable bonds is 8. The fourth-order valence-electron chi connectivity index (χ4n) is 4.25. The van der Waals surface area contributed by atoms with Gasteiger partial charge >= 0.3 is 0 Å². The van der Waals surface area contributed by atoms with Gasteiger partial charge in [0.25, 0.3) is 0 Å². The predicted molar refractivity (Wildman–Crippen MR) is 111 cm³/mol.